The van der Waals surface area contributed by atoms with Crippen LogP contribution in [0.25, 0.3) is 0 Å². The smallest absolute Gasteiger partial charge is 0.264 e. The third kappa shape index (κ3) is 8.47. The Morgan fingerprint density at radius 1 is 0.951 bits per heavy atom. The van der Waals surface area contributed by atoms with Crippen LogP contribution in [-0.2, 0) is 26.2 Å². The molecule has 3 rings (SSSR count). The molecule has 1 unspecified atom stereocenters. The number of anilines is 1. The summed E-state index contributed by atoms with van der Waals surface area (Å²) in [6, 6.07) is 19.1. The van der Waals surface area contributed by atoms with Gasteiger partial charge in [-0.2, -0.15) is 0 Å². The van der Waals surface area contributed by atoms with Gasteiger partial charge in [0.15, 0.2) is 0 Å². The number of ether oxygens (including phenoxy) is 1. The highest BCUT2D eigenvalue weighted by atomic mass is 35.5. The maximum absolute atomic E-state index is 14.1. The van der Waals surface area contributed by atoms with Crippen LogP contribution in [0, 0.1) is 12.8 Å². The molecule has 0 saturated carbocycles. The van der Waals surface area contributed by atoms with Gasteiger partial charge >= 0.3 is 0 Å². The number of carbonyl (C=O) groups excluding carboxylic acids is 2. The van der Waals surface area contributed by atoms with E-state index in [9.17, 15) is 18.0 Å². The molecule has 0 radical (unpaired) electrons. The van der Waals surface area contributed by atoms with E-state index in [1.54, 1.807) is 60.7 Å². The Hall–Kier alpha value is -3.56. The van der Waals surface area contributed by atoms with E-state index < -0.39 is 28.5 Å². The fraction of sp³-hybridized carbons (Fsp3) is 0.355. The minimum atomic E-state index is -4.14. The number of nitrogens with one attached hydrogen (secondary N) is 1. The molecule has 8 nitrogen and oxygen atoms in total. The average Bonchev–Trinajstić information content (AvgIpc) is 2.95. The minimum absolute atomic E-state index is 0.0534. The van der Waals surface area contributed by atoms with Crippen LogP contribution in [0.1, 0.15) is 38.3 Å². The molecule has 0 heterocycles. The first-order valence-electron chi connectivity index (χ1n) is 13.5. The molecule has 41 heavy (non-hydrogen) atoms. The van der Waals surface area contributed by atoms with Gasteiger partial charge in [0.25, 0.3) is 10.0 Å². The summed E-state index contributed by atoms with van der Waals surface area (Å²) >= 11 is 6.07. The van der Waals surface area contributed by atoms with E-state index in [0.717, 1.165) is 15.4 Å². The van der Waals surface area contributed by atoms with Crippen LogP contribution in [0.5, 0.6) is 5.75 Å². The number of methoxy groups -OCH3 is 1. The van der Waals surface area contributed by atoms with Crippen LogP contribution in [0.2, 0.25) is 5.02 Å². The predicted molar refractivity (Wildman–Crippen MR) is 163 cm³/mol. The summed E-state index contributed by atoms with van der Waals surface area (Å²) in [5, 5.41) is 3.47. The number of sulfonamides is 1. The average molecular weight is 600 g/mol. The van der Waals surface area contributed by atoms with Crippen LogP contribution in [0.4, 0.5) is 5.69 Å². The Labute approximate surface area is 248 Å². The molecule has 1 atom stereocenters. The first kappa shape index (κ1) is 32.0. The summed E-state index contributed by atoms with van der Waals surface area (Å²) in [5.74, 6) is -0.0361. The highest BCUT2D eigenvalue weighted by Gasteiger charge is 2.33. The maximum Gasteiger partial charge on any atom is 0.264 e. The molecule has 0 fully saturated rings. The Balaban J connectivity index is 2.04. The fourth-order valence-electron chi connectivity index (χ4n) is 4.24. The quantitative estimate of drug-likeness (QED) is 0.283. The normalized spacial score (nSPS) is 12.1. The SMILES string of the molecule is CCC(C(=O)NCC(C)C)N(Cc1ccc(Cl)cc1)C(=O)CN(c1ccc(OC)cc1)S(=O)(=O)c1ccc(C)cc1. The molecule has 3 aromatic carbocycles. The molecular formula is C31H38ClN3O5S. The van der Waals surface area contributed by atoms with E-state index in [2.05, 4.69) is 5.32 Å². The van der Waals surface area contributed by atoms with E-state index in [0.29, 0.717) is 29.4 Å². The molecule has 0 spiro atoms. The molecular weight excluding hydrogens is 562 g/mol. The van der Waals surface area contributed by atoms with Gasteiger partial charge in [-0.1, -0.05) is 62.2 Å². The topological polar surface area (TPSA) is 96.0 Å². The third-order valence-electron chi connectivity index (χ3n) is 6.58. The Bertz CT molecular complexity index is 1410. The molecule has 2 amide bonds. The number of amides is 2. The summed E-state index contributed by atoms with van der Waals surface area (Å²) in [4.78, 5) is 28.9. The first-order chi connectivity index (χ1) is 19.5. The van der Waals surface area contributed by atoms with E-state index in [4.69, 9.17) is 16.3 Å². The second-order valence-corrected chi connectivity index (χ2v) is 12.5. The molecule has 0 aromatic heterocycles. The molecule has 220 valence electrons. The summed E-state index contributed by atoms with van der Waals surface area (Å²) in [7, 11) is -2.63. The number of hydrogen-bond donors (Lipinski definition) is 1. The number of hydrogen-bond acceptors (Lipinski definition) is 5. The van der Waals surface area contributed by atoms with E-state index in [1.807, 2.05) is 27.7 Å². The van der Waals surface area contributed by atoms with Crippen LogP contribution in [-0.4, -0.2) is 51.4 Å². The molecule has 0 saturated heterocycles. The molecule has 0 aliphatic carbocycles. The van der Waals surface area contributed by atoms with Crippen molar-refractivity contribution in [2.45, 2.75) is 51.6 Å². The highest BCUT2D eigenvalue weighted by molar-refractivity contribution is 7.92. The minimum Gasteiger partial charge on any atom is -0.497 e. The van der Waals surface area contributed by atoms with Crippen molar-refractivity contribution in [3.8, 4) is 5.75 Å². The molecule has 1 N–H and O–H groups in total. The zero-order chi connectivity index (χ0) is 30.2. The molecule has 0 aliphatic rings. The number of rotatable bonds is 13. The second-order valence-electron chi connectivity index (χ2n) is 10.2. The van der Waals surface area contributed by atoms with Crippen LogP contribution in [0.3, 0.4) is 0 Å². The van der Waals surface area contributed by atoms with Gasteiger partial charge in [-0.3, -0.25) is 13.9 Å². The van der Waals surface area contributed by atoms with E-state index in [1.165, 1.54) is 24.1 Å². The summed E-state index contributed by atoms with van der Waals surface area (Å²) in [6.07, 6.45) is 0.344. The van der Waals surface area contributed by atoms with E-state index in [-0.39, 0.29) is 23.3 Å². The van der Waals surface area contributed by atoms with Crippen molar-refractivity contribution in [3.63, 3.8) is 0 Å². The zero-order valence-electron chi connectivity index (χ0n) is 24.1. The molecule has 0 aliphatic heterocycles. The van der Waals surface area contributed by atoms with Crippen molar-refractivity contribution in [2.75, 3.05) is 24.5 Å². The van der Waals surface area contributed by atoms with Gasteiger partial charge in [0.1, 0.15) is 18.3 Å². The van der Waals surface area contributed by atoms with Gasteiger partial charge in [-0.25, -0.2) is 8.42 Å². The Morgan fingerprint density at radius 3 is 2.10 bits per heavy atom. The Kier molecular flexibility index (Phi) is 11.2. The van der Waals surface area contributed by atoms with Crippen molar-refractivity contribution in [2.24, 2.45) is 5.92 Å². The maximum atomic E-state index is 14.1. The second kappa shape index (κ2) is 14.4. The lowest BCUT2D eigenvalue weighted by molar-refractivity contribution is -0.140. The standard InChI is InChI=1S/C31H38ClN3O5S/c1-6-29(31(37)33-19-22(2)3)34(20-24-9-11-25(32)12-10-24)30(36)21-35(26-13-15-27(40-5)16-14-26)41(38,39)28-17-7-23(4)8-18-28/h7-18,22,29H,6,19-21H2,1-5H3,(H,33,37). The molecule has 10 heteroatoms. The lowest BCUT2D eigenvalue weighted by Gasteiger charge is -2.33. The van der Waals surface area contributed by atoms with Crippen molar-refractivity contribution in [3.05, 3.63) is 88.9 Å². The monoisotopic (exact) mass is 599 g/mol. The van der Waals surface area contributed by atoms with Gasteiger partial charge < -0.3 is 15.0 Å². The number of benzene rings is 3. The van der Waals surface area contributed by atoms with Crippen molar-refractivity contribution in [1.82, 2.24) is 10.2 Å². The van der Waals surface area contributed by atoms with Crippen molar-refractivity contribution in [1.29, 1.82) is 0 Å². The summed E-state index contributed by atoms with van der Waals surface area (Å²) < 4.78 is 34.2. The lowest BCUT2D eigenvalue weighted by atomic mass is 10.1. The predicted octanol–water partition coefficient (Wildman–Crippen LogP) is 5.43. The van der Waals surface area contributed by atoms with Gasteiger partial charge in [0.2, 0.25) is 11.8 Å². The van der Waals surface area contributed by atoms with Crippen LogP contribution >= 0.6 is 11.6 Å². The largest absolute Gasteiger partial charge is 0.497 e. The Morgan fingerprint density at radius 2 is 1.56 bits per heavy atom. The zero-order valence-corrected chi connectivity index (χ0v) is 25.7. The summed E-state index contributed by atoms with van der Waals surface area (Å²) in [5.41, 5.74) is 1.96. The first-order valence-corrected chi connectivity index (χ1v) is 15.3. The number of carbonyl (C=O) groups is 2. The van der Waals surface area contributed by atoms with E-state index >= 15 is 0 Å². The third-order valence-corrected chi connectivity index (χ3v) is 8.62. The lowest BCUT2D eigenvalue weighted by Crippen LogP contribution is -2.52. The van der Waals surface area contributed by atoms with Gasteiger partial charge in [-0.05, 0) is 73.4 Å². The van der Waals surface area contributed by atoms with Crippen molar-refractivity contribution >= 4 is 39.1 Å². The number of halogens is 1. The van der Waals surface area contributed by atoms with Gasteiger partial charge in [0.05, 0.1) is 17.7 Å². The molecule has 3 aromatic rings. The van der Waals surface area contributed by atoms with Crippen molar-refractivity contribution < 1.29 is 22.7 Å². The van der Waals surface area contributed by atoms with Gasteiger partial charge in [-0.15, -0.1) is 0 Å². The fourth-order valence-corrected chi connectivity index (χ4v) is 5.78. The van der Waals surface area contributed by atoms with Gasteiger partial charge in [0, 0.05) is 18.1 Å². The molecule has 0 bridgehead atoms. The summed E-state index contributed by atoms with van der Waals surface area (Å²) in [6.45, 7) is 7.71. The van der Waals surface area contributed by atoms with Crippen LogP contribution < -0.4 is 14.4 Å². The van der Waals surface area contributed by atoms with Crippen LogP contribution in [0.15, 0.2) is 77.7 Å². The highest BCUT2D eigenvalue weighted by Crippen LogP contribution is 2.27. The number of aryl methyl sites for hydroxylation is 1. The number of nitrogens with zero attached hydrogens (tertiary/aromatic N) is 2.